The van der Waals surface area contributed by atoms with Gasteiger partial charge < -0.3 is 9.47 Å². The number of hydrazone groups is 1. The number of benzene rings is 3. The van der Waals surface area contributed by atoms with Crippen LogP contribution in [0.2, 0.25) is 0 Å². The van der Waals surface area contributed by atoms with Gasteiger partial charge in [-0.05, 0) is 80.4 Å². The van der Waals surface area contributed by atoms with Crippen LogP contribution in [0.15, 0.2) is 76.7 Å². The van der Waals surface area contributed by atoms with Gasteiger partial charge in [0.25, 0.3) is 15.9 Å². The molecular formula is C26H29N3O5S. The Hall–Kier alpha value is -3.85. The number of nitrogens with zero attached hydrogens (tertiary/aromatic N) is 2. The number of rotatable bonds is 10. The number of carbonyl (C=O) groups excluding carboxylic acids is 1. The number of hydrogen-bond donors (Lipinski definition) is 1. The highest BCUT2D eigenvalue weighted by atomic mass is 32.2. The van der Waals surface area contributed by atoms with Crippen molar-refractivity contribution in [2.24, 2.45) is 5.10 Å². The Labute approximate surface area is 206 Å². The van der Waals surface area contributed by atoms with Crippen LogP contribution >= 0.6 is 0 Å². The van der Waals surface area contributed by atoms with Gasteiger partial charge in [-0.25, -0.2) is 13.8 Å². The molecule has 35 heavy (non-hydrogen) atoms. The molecule has 0 heterocycles. The Balaban J connectivity index is 1.86. The molecule has 0 spiro atoms. The first-order chi connectivity index (χ1) is 16.7. The quantitative estimate of drug-likeness (QED) is 0.338. The van der Waals surface area contributed by atoms with Gasteiger partial charge in [0.1, 0.15) is 18.0 Å². The minimum Gasteiger partial charge on any atom is -0.495 e. The standard InChI is InChI=1S/C26H29N3O5S/c1-5-34-22-11-9-21(10-12-22)17-27-28-26(30)18-29(24-16-20(3)8-15-25(24)33-4)35(31,32)23-13-6-19(2)7-14-23/h6-17H,5,18H2,1-4H3,(H,28,30)/b27-17-. The van der Waals surface area contributed by atoms with Crippen molar-refractivity contribution in [3.8, 4) is 11.5 Å². The fourth-order valence-corrected chi connectivity index (χ4v) is 4.72. The zero-order valence-corrected chi connectivity index (χ0v) is 21.0. The van der Waals surface area contributed by atoms with Gasteiger partial charge in [-0.3, -0.25) is 9.10 Å². The molecule has 0 unspecified atom stereocenters. The van der Waals surface area contributed by atoms with Gasteiger partial charge in [-0.15, -0.1) is 0 Å². The van der Waals surface area contributed by atoms with Gasteiger partial charge in [-0.1, -0.05) is 23.8 Å². The van der Waals surface area contributed by atoms with E-state index in [9.17, 15) is 13.2 Å². The van der Waals surface area contributed by atoms with E-state index in [-0.39, 0.29) is 10.6 Å². The van der Waals surface area contributed by atoms with Crippen LogP contribution in [0.1, 0.15) is 23.6 Å². The number of sulfonamides is 1. The van der Waals surface area contributed by atoms with E-state index in [1.807, 2.05) is 20.8 Å². The summed E-state index contributed by atoms with van der Waals surface area (Å²) >= 11 is 0. The second-order valence-corrected chi connectivity index (χ2v) is 9.66. The minimum atomic E-state index is -4.08. The third-order valence-corrected chi connectivity index (χ3v) is 6.87. The Morgan fingerprint density at radius 1 is 1.00 bits per heavy atom. The largest absolute Gasteiger partial charge is 0.495 e. The van der Waals surface area contributed by atoms with Crippen molar-refractivity contribution in [3.05, 3.63) is 83.4 Å². The Morgan fingerprint density at radius 3 is 2.29 bits per heavy atom. The number of anilines is 1. The first-order valence-corrected chi connectivity index (χ1v) is 12.5. The monoisotopic (exact) mass is 495 g/mol. The lowest BCUT2D eigenvalue weighted by Gasteiger charge is -2.25. The van der Waals surface area contributed by atoms with Crippen molar-refractivity contribution in [1.29, 1.82) is 0 Å². The summed E-state index contributed by atoms with van der Waals surface area (Å²) in [5.41, 5.74) is 5.16. The second-order valence-electron chi connectivity index (χ2n) is 7.80. The maximum Gasteiger partial charge on any atom is 0.264 e. The summed E-state index contributed by atoms with van der Waals surface area (Å²) in [5, 5.41) is 3.97. The summed E-state index contributed by atoms with van der Waals surface area (Å²) < 4.78 is 39.0. The van der Waals surface area contributed by atoms with Crippen LogP contribution in [0.5, 0.6) is 11.5 Å². The van der Waals surface area contributed by atoms with Crippen molar-refractivity contribution in [1.82, 2.24) is 5.43 Å². The average molecular weight is 496 g/mol. The van der Waals surface area contributed by atoms with Crippen LogP contribution in [-0.2, 0) is 14.8 Å². The third-order valence-electron chi connectivity index (χ3n) is 5.09. The van der Waals surface area contributed by atoms with Crippen LogP contribution < -0.4 is 19.2 Å². The molecule has 1 N–H and O–H groups in total. The molecule has 0 aliphatic rings. The molecular weight excluding hydrogens is 466 g/mol. The predicted octanol–water partition coefficient (Wildman–Crippen LogP) is 4.06. The average Bonchev–Trinajstić information content (AvgIpc) is 2.84. The number of nitrogens with one attached hydrogen (secondary N) is 1. The lowest BCUT2D eigenvalue weighted by Crippen LogP contribution is -2.39. The van der Waals surface area contributed by atoms with Crippen LogP contribution in [0.4, 0.5) is 5.69 Å². The number of methoxy groups -OCH3 is 1. The summed E-state index contributed by atoms with van der Waals surface area (Å²) in [7, 11) is -2.63. The van der Waals surface area contributed by atoms with Crippen LogP contribution in [-0.4, -0.2) is 40.8 Å². The first-order valence-electron chi connectivity index (χ1n) is 11.0. The number of amides is 1. The molecule has 8 nitrogen and oxygen atoms in total. The zero-order valence-electron chi connectivity index (χ0n) is 20.2. The maximum atomic E-state index is 13.6. The Morgan fingerprint density at radius 2 is 1.66 bits per heavy atom. The van der Waals surface area contributed by atoms with Gasteiger partial charge in [0.05, 0.1) is 30.5 Å². The molecule has 184 valence electrons. The van der Waals surface area contributed by atoms with E-state index in [0.29, 0.717) is 12.4 Å². The molecule has 0 aromatic heterocycles. The van der Waals surface area contributed by atoms with Gasteiger partial charge in [0, 0.05) is 0 Å². The number of carbonyl (C=O) groups is 1. The van der Waals surface area contributed by atoms with E-state index in [0.717, 1.165) is 26.7 Å². The minimum absolute atomic E-state index is 0.0670. The van der Waals surface area contributed by atoms with E-state index < -0.39 is 22.5 Å². The fraction of sp³-hybridized carbons (Fsp3) is 0.231. The highest BCUT2D eigenvalue weighted by Crippen LogP contribution is 2.33. The Kier molecular flexibility index (Phi) is 8.48. The summed E-state index contributed by atoms with van der Waals surface area (Å²) in [5.74, 6) is 0.459. The lowest BCUT2D eigenvalue weighted by molar-refractivity contribution is -0.119. The van der Waals surface area contributed by atoms with Crippen molar-refractivity contribution in [3.63, 3.8) is 0 Å². The fourth-order valence-electron chi connectivity index (χ4n) is 3.29. The molecule has 3 aromatic carbocycles. The van der Waals surface area contributed by atoms with Crippen molar-refractivity contribution in [2.45, 2.75) is 25.7 Å². The number of hydrogen-bond acceptors (Lipinski definition) is 6. The van der Waals surface area contributed by atoms with E-state index >= 15 is 0 Å². The van der Waals surface area contributed by atoms with Gasteiger partial charge in [-0.2, -0.15) is 5.10 Å². The molecule has 0 aliphatic heterocycles. The molecule has 0 atom stereocenters. The van der Waals surface area contributed by atoms with Crippen LogP contribution in [0.3, 0.4) is 0 Å². The maximum absolute atomic E-state index is 13.6. The van der Waals surface area contributed by atoms with Crippen molar-refractivity contribution in [2.75, 3.05) is 24.6 Å². The molecule has 0 radical (unpaired) electrons. The highest BCUT2D eigenvalue weighted by Gasteiger charge is 2.29. The van der Waals surface area contributed by atoms with E-state index in [1.165, 1.54) is 25.5 Å². The molecule has 0 aliphatic carbocycles. The highest BCUT2D eigenvalue weighted by molar-refractivity contribution is 7.92. The molecule has 0 bridgehead atoms. The molecule has 9 heteroatoms. The topological polar surface area (TPSA) is 97.3 Å². The number of aryl methyl sites for hydroxylation is 2. The van der Waals surface area contributed by atoms with E-state index in [2.05, 4.69) is 10.5 Å². The van der Waals surface area contributed by atoms with Crippen LogP contribution in [0, 0.1) is 13.8 Å². The van der Waals surface area contributed by atoms with E-state index in [4.69, 9.17) is 9.47 Å². The zero-order chi connectivity index (χ0) is 25.4. The van der Waals surface area contributed by atoms with Crippen molar-refractivity contribution >= 4 is 27.8 Å². The summed E-state index contributed by atoms with van der Waals surface area (Å²) in [6, 6.07) is 18.8. The lowest BCUT2D eigenvalue weighted by atomic mass is 10.2. The molecule has 1 amide bonds. The van der Waals surface area contributed by atoms with Gasteiger partial charge >= 0.3 is 0 Å². The summed E-state index contributed by atoms with van der Waals surface area (Å²) in [6.07, 6.45) is 1.47. The second kappa shape index (κ2) is 11.5. The SMILES string of the molecule is CCOc1ccc(/C=N\NC(=O)CN(c2cc(C)ccc2OC)S(=O)(=O)c2ccc(C)cc2)cc1. The molecule has 3 aromatic rings. The number of ether oxygens (including phenoxy) is 2. The summed E-state index contributed by atoms with van der Waals surface area (Å²) in [6.45, 7) is 5.68. The van der Waals surface area contributed by atoms with Gasteiger partial charge in [0.2, 0.25) is 0 Å². The normalized spacial score (nSPS) is 11.3. The van der Waals surface area contributed by atoms with E-state index in [1.54, 1.807) is 54.6 Å². The summed E-state index contributed by atoms with van der Waals surface area (Å²) in [4.78, 5) is 12.8. The molecule has 0 saturated carbocycles. The smallest absolute Gasteiger partial charge is 0.264 e. The first kappa shape index (κ1) is 25.8. The molecule has 0 saturated heterocycles. The third kappa shape index (κ3) is 6.60. The van der Waals surface area contributed by atoms with Crippen LogP contribution in [0.25, 0.3) is 0 Å². The van der Waals surface area contributed by atoms with Gasteiger partial charge in [0.15, 0.2) is 0 Å². The Bertz CT molecular complexity index is 1290. The molecule has 3 rings (SSSR count). The molecule has 0 fully saturated rings. The predicted molar refractivity (Wildman–Crippen MR) is 137 cm³/mol. The van der Waals surface area contributed by atoms with Crippen molar-refractivity contribution < 1.29 is 22.7 Å².